The summed E-state index contributed by atoms with van der Waals surface area (Å²) in [5, 5.41) is 3.41. The average Bonchev–Trinajstić information content (AvgIpc) is 2.30. The zero-order valence-corrected chi connectivity index (χ0v) is 11.5. The van der Waals surface area contributed by atoms with Crippen molar-refractivity contribution in [1.82, 2.24) is 5.32 Å². The highest BCUT2D eigenvalue weighted by Gasteiger charge is 2.28. The summed E-state index contributed by atoms with van der Waals surface area (Å²) < 4.78 is 6.32. The van der Waals surface area contributed by atoms with Crippen LogP contribution < -0.4 is 5.32 Å². The van der Waals surface area contributed by atoms with E-state index in [1.807, 2.05) is 0 Å². The van der Waals surface area contributed by atoms with E-state index in [2.05, 4.69) is 33.0 Å². The van der Waals surface area contributed by atoms with Crippen LogP contribution in [0.1, 0.15) is 59.8 Å². The highest BCUT2D eigenvalue weighted by molar-refractivity contribution is 4.80. The first kappa shape index (κ1) is 14.0. The molecule has 0 aromatic heterocycles. The van der Waals surface area contributed by atoms with Gasteiger partial charge in [-0.1, -0.05) is 20.8 Å². The van der Waals surface area contributed by atoms with Crippen LogP contribution in [0.4, 0.5) is 0 Å². The second-order valence-electron chi connectivity index (χ2n) is 5.58. The predicted octanol–water partition coefficient (Wildman–Crippen LogP) is 3.36. The maximum atomic E-state index is 6.32. The third-order valence-corrected chi connectivity index (χ3v) is 3.91. The average molecular weight is 227 g/mol. The normalized spacial score (nSPS) is 30.0. The SMILES string of the molecule is CCNCC(C)(CC)OC1CCC(C)CC1. The molecule has 1 N–H and O–H groups in total. The van der Waals surface area contributed by atoms with Crippen molar-refractivity contribution >= 4 is 0 Å². The van der Waals surface area contributed by atoms with Crippen molar-refractivity contribution in [1.29, 1.82) is 0 Å². The lowest BCUT2D eigenvalue weighted by Crippen LogP contribution is -2.43. The molecule has 2 heteroatoms. The fraction of sp³-hybridized carbons (Fsp3) is 1.00. The summed E-state index contributed by atoms with van der Waals surface area (Å²) in [6, 6.07) is 0. The van der Waals surface area contributed by atoms with Gasteiger partial charge in [-0.15, -0.1) is 0 Å². The first-order valence-corrected chi connectivity index (χ1v) is 6.98. The van der Waals surface area contributed by atoms with Crippen molar-refractivity contribution in [3.05, 3.63) is 0 Å². The zero-order chi connectivity index (χ0) is 12.0. The lowest BCUT2D eigenvalue weighted by Gasteiger charge is -2.36. The molecule has 0 spiro atoms. The molecule has 0 heterocycles. The highest BCUT2D eigenvalue weighted by atomic mass is 16.5. The molecular weight excluding hydrogens is 198 g/mol. The molecule has 1 saturated carbocycles. The van der Waals surface area contributed by atoms with Gasteiger partial charge in [-0.05, 0) is 51.5 Å². The van der Waals surface area contributed by atoms with Gasteiger partial charge in [-0.3, -0.25) is 0 Å². The van der Waals surface area contributed by atoms with Gasteiger partial charge in [0.05, 0.1) is 11.7 Å². The van der Waals surface area contributed by atoms with Gasteiger partial charge in [0.15, 0.2) is 0 Å². The van der Waals surface area contributed by atoms with Crippen molar-refractivity contribution in [3.8, 4) is 0 Å². The number of hydrogen-bond acceptors (Lipinski definition) is 2. The van der Waals surface area contributed by atoms with E-state index in [4.69, 9.17) is 4.74 Å². The van der Waals surface area contributed by atoms with Crippen LogP contribution in [-0.2, 0) is 4.74 Å². The Morgan fingerprint density at radius 3 is 2.31 bits per heavy atom. The number of ether oxygens (including phenoxy) is 1. The summed E-state index contributed by atoms with van der Waals surface area (Å²) in [5.74, 6) is 0.904. The minimum atomic E-state index is 0.0290. The summed E-state index contributed by atoms with van der Waals surface area (Å²) in [6.45, 7) is 11.0. The quantitative estimate of drug-likeness (QED) is 0.751. The molecule has 16 heavy (non-hydrogen) atoms. The van der Waals surface area contributed by atoms with Crippen molar-refractivity contribution in [2.45, 2.75) is 71.5 Å². The Labute approximate surface area is 101 Å². The third-order valence-electron chi connectivity index (χ3n) is 3.91. The molecule has 1 unspecified atom stereocenters. The molecule has 0 radical (unpaired) electrons. The predicted molar refractivity (Wildman–Crippen MR) is 69.7 cm³/mol. The Kier molecular flexibility index (Phi) is 5.77. The van der Waals surface area contributed by atoms with Gasteiger partial charge in [-0.25, -0.2) is 0 Å². The summed E-state index contributed by atoms with van der Waals surface area (Å²) in [5.41, 5.74) is 0.0290. The minimum Gasteiger partial charge on any atom is -0.371 e. The van der Waals surface area contributed by atoms with Gasteiger partial charge in [0.25, 0.3) is 0 Å². The van der Waals surface area contributed by atoms with Gasteiger partial charge < -0.3 is 10.1 Å². The highest BCUT2D eigenvalue weighted by Crippen LogP contribution is 2.29. The second kappa shape index (κ2) is 6.61. The monoisotopic (exact) mass is 227 g/mol. The Balaban J connectivity index is 2.36. The summed E-state index contributed by atoms with van der Waals surface area (Å²) in [4.78, 5) is 0. The first-order chi connectivity index (χ1) is 7.59. The molecule has 0 saturated heterocycles. The molecule has 1 fully saturated rings. The van der Waals surface area contributed by atoms with Crippen LogP contribution in [0.5, 0.6) is 0 Å². The molecule has 0 bridgehead atoms. The molecule has 1 atom stereocenters. The molecule has 0 aromatic carbocycles. The fourth-order valence-corrected chi connectivity index (χ4v) is 2.39. The van der Waals surface area contributed by atoms with Crippen molar-refractivity contribution in [3.63, 3.8) is 0 Å². The van der Waals surface area contributed by atoms with E-state index in [1.54, 1.807) is 0 Å². The van der Waals surface area contributed by atoms with E-state index in [0.717, 1.165) is 25.4 Å². The van der Waals surface area contributed by atoms with Gasteiger partial charge >= 0.3 is 0 Å². The van der Waals surface area contributed by atoms with E-state index in [9.17, 15) is 0 Å². The maximum Gasteiger partial charge on any atom is 0.0779 e. The van der Waals surface area contributed by atoms with E-state index in [0.29, 0.717) is 6.10 Å². The van der Waals surface area contributed by atoms with Gasteiger partial charge in [0, 0.05) is 6.54 Å². The molecule has 96 valence electrons. The van der Waals surface area contributed by atoms with Crippen LogP contribution in [0.2, 0.25) is 0 Å². The lowest BCUT2D eigenvalue weighted by molar-refractivity contribution is -0.0985. The van der Waals surface area contributed by atoms with E-state index >= 15 is 0 Å². The van der Waals surface area contributed by atoms with Crippen LogP contribution in [0.25, 0.3) is 0 Å². The fourth-order valence-electron chi connectivity index (χ4n) is 2.39. The molecule has 0 aliphatic heterocycles. The Hall–Kier alpha value is -0.0800. The third kappa shape index (κ3) is 4.42. The van der Waals surface area contributed by atoms with Crippen molar-refractivity contribution in [2.75, 3.05) is 13.1 Å². The number of nitrogens with one attached hydrogen (secondary N) is 1. The van der Waals surface area contributed by atoms with Gasteiger partial charge in [0.2, 0.25) is 0 Å². The zero-order valence-electron chi connectivity index (χ0n) is 11.5. The van der Waals surface area contributed by atoms with Gasteiger partial charge in [0.1, 0.15) is 0 Å². The van der Waals surface area contributed by atoms with Crippen molar-refractivity contribution in [2.24, 2.45) is 5.92 Å². The first-order valence-electron chi connectivity index (χ1n) is 6.98. The van der Waals surface area contributed by atoms with Crippen molar-refractivity contribution < 1.29 is 4.74 Å². The molecule has 1 rings (SSSR count). The molecule has 0 amide bonds. The van der Waals surface area contributed by atoms with Crippen LogP contribution in [0, 0.1) is 5.92 Å². The second-order valence-corrected chi connectivity index (χ2v) is 5.58. The number of likely N-dealkylation sites (N-methyl/N-ethyl adjacent to an activating group) is 1. The van der Waals surface area contributed by atoms with Crippen LogP contribution in [-0.4, -0.2) is 24.8 Å². The largest absolute Gasteiger partial charge is 0.371 e. The Morgan fingerprint density at radius 1 is 1.19 bits per heavy atom. The topological polar surface area (TPSA) is 21.3 Å². The molecule has 2 nitrogen and oxygen atoms in total. The molecule has 1 aliphatic carbocycles. The maximum absolute atomic E-state index is 6.32. The molecule has 0 aromatic rings. The van der Waals surface area contributed by atoms with Gasteiger partial charge in [-0.2, -0.15) is 0 Å². The molecule has 1 aliphatic rings. The lowest BCUT2D eigenvalue weighted by atomic mass is 9.88. The van der Waals surface area contributed by atoms with E-state index in [-0.39, 0.29) is 5.60 Å². The minimum absolute atomic E-state index is 0.0290. The van der Waals surface area contributed by atoms with Crippen LogP contribution in [0.15, 0.2) is 0 Å². The van der Waals surface area contributed by atoms with Crippen LogP contribution >= 0.6 is 0 Å². The standard InChI is InChI=1S/C14H29NO/c1-5-14(4,11-15-6-2)16-13-9-7-12(3)8-10-13/h12-13,15H,5-11H2,1-4H3. The Bertz CT molecular complexity index is 187. The number of hydrogen-bond donors (Lipinski definition) is 1. The summed E-state index contributed by atoms with van der Waals surface area (Å²) in [7, 11) is 0. The van der Waals surface area contributed by atoms with E-state index in [1.165, 1.54) is 25.7 Å². The summed E-state index contributed by atoms with van der Waals surface area (Å²) >= 11 is 0. The van der Waals surface area contributed by atoms with E-state index < -0.39 is 0 Å². The summed E-state index contributed by atoms with van der Waals surface area (Å²) in [6.07, 6.45) is 6.77. The smallest absolute Gasteiger partial charge is 0.0779 e. The molecular formula is C14H29NO. The number of rotatable bonds is 6. The van der Waals surface area contributed by atoms with Crippen LogP contribution in [0.3, 0.4) is 0 Å². The Morgan fingerprint density at radius 2 is 1.81 bits per heavy atom.